The number of benzene rings is 1. The topological polar surface area (TPSA) is 51.0 Å². The van der Waals surface area contributed by atoms with Crippen LogP contribution in [0.4, 0.5) is 0 Å². The third kappa shape index (κ3) is 4.67. The van der Waals surface area contributed by atoms with Crippen LogP contribution in [0.25, 0.3) is 17.3 Å². The van der Waals surface area contributed by atoms with Gasteiger partial charge in [-0.15, -0.1) is 0 Å². The van der Waals surface area contributed by atoms with Gasteiger partial charge < -0.3 is 4.90 Å². The summed E-state index contributed by atoms with van der Waals surface area (Å²) in [6.07, 6.45) is 13.6. The second-order valence-corrected chi connectivity index (χ2v) is 7.78. The zero-order valence-corrected chi connectivity index (χ0v) is 17.4. The van der Waals surface area contributed by atoms with Gasteiger partial charge in [0.15, 0.2) is 0 Å². The Bertz CT molecular complexity index is 995. The highest BCUT2D eigenvalue weighted by Crippen LogP contribution is 2.24. The molecular formula is C25H28N4O. The molecule has 0 saturated carbocycles. The van der Waals surface area contributed by atoms with Crippen molar-refractivity contribution in [1.82, 2.24) is 19.7 Å². The fourth-order valence-corrected chi connectivity index (χ4v) is 4.11. The zero-order valence-electron chi connectivity index (χ0n) is 17.4. The summed E-state index contributed by atoms with van der Waals surface area (Å²) in [6.45, 7) is 3.69. The number of carbonyl (C=O) groups is 1. The van der Waals surface area contributed by atoms with E-state index in [1.807, 2.05) is 58.4 Å². The molecule has 0 radical (unpaired) electrons. The van der Waals surface area contributed by atoms with Crippen LogP contribution in [0.3, 0.4) is 0 Å². The Labute approximate surface area is 178 Å². The molecule has 4 rings (SSSR count). The Kier molecular flexibility index (Phi) is 6.38. The van der Waals surface area contributed by atoms with E-state index in [9.17, 15) is 4.79 Å². The number of hydrogen-bond donors (Lipinski definition) is 0. The highest BCUT2D eigenvalue weighted by atomic mass is 16.2. The van der Waals surface area contributed by atoms with Crippen molar-refractivity contribution in [2.75, 3.05) is 6.54 Å². The van der Waals surface area contributed by atoms with Crippen LogP contribution in [-0.2, 0) is 11.3 Å². The normalized spacial score (nSPS) is 16.8. The average molecular weight is 401 g/mol. The maximum Gasteiger partial charge on any atom is 0.246 e. The number of pyridine rings is 1. The molecule has 2 aromatic heterocycles. The minimum atomic E-state index is 0.0921. The van der Waals surface area contributed by atoms with Crippen LogP contribution in [0.2, 0.25) is 0 Å². The zero-order chi connectivity index (χ0) is 20.8. The molecule has 1 aliphatic rings. The van der Waals surface area contributed by atoms with Crippen LogP contribution in [-0.4, -0.2) is 38.2 Å². The second-order valence-electron chi connectivity index (χ2n) is 7.78. The number of hydrogen-bond acceptors (Lipinski definition) is 3. The quantitative estimate of drug-likeness (QED) is 0.559. The second kappa shape index (κ2) is 9.53. The van der Waals surface area contributed by atoms with Crippen molar-refractivity contribution in [1.29, 1.82) is 0 Å². The smallest absolute Gasteiger partial charge is 0.246 e. The molecule has 154 valence electrons. The van der Waals surface area contributed by atoms with Gasteiger partial charge in [0.2, 0.25) is 5.91 Å². The fourth-order valence-electron chi connectivity index (χ4n) is 4.11. The third-order valence-electron chi connectivity index (χ3n) is 5.70. The van der Waals surface area contributed by atoms with Crippen molar-refractivity contribution in [3.8, 4) is 11.3 Å². The lowest BCUT2D eigenvalue weighted by atomic mass is 10.00. The third-order valence-corrected chi connectivity index (χ3v) is 5.70. The summed E-state index contributed by atoms with van der Waals surface area (Å²) >= 11 is 0. The predicted molar refractivity (Wildman–Crippen MR) is 120 cm³/mol. The number of carbonyl (C=O) groups excluding carboxylic acids is 1. The van der Waals surface area contributed by atoms with Crippen molar-refractivity contribution in [2.45, 2.75) is 45.2 Å². The molecular weight excluding hydrogens is 372 g/mol. The van der Waals surface area contributed by atoms with Gasteiger partial charge in [-0.25, -0.2) is 0 Å². The molecule has 3 heterocycles. The number of rotatable bonds is 6. The number of likely N-dealkylation sites (tertiary alicyclic amines) is 1. The Morgan fingerprint density at radius 2 is 2.03 bits per heavy atom. The summed E-state index contributed by atoms with van der Waals surface area (Å²) in [4.78, 5) is 19.1. The largest absolute Gasteiger partial charge is 0.336 e. The molecule has 0 bridgehead atoms. The maximum atomic E-state index is 12.9. The van der Waals surface area contributed by atoms with Crippen LogP contribution in [0, 0.1) is 0 Å². The lowest BCUT2D eigenvalue weighted by Crippen LogP contribution is -2.42. The van der Waals surface area contributed by atoms with E-state index in [0.29, 0.717) is 12.6 Å². The summed E-state index contributed by atoms with van der Waals surface area (Å²) < 4.78 is 1.93. The van der Waals surface area contributed by atoms with Gasteiger partial charge in [-0.1, -0.05) is 37.3 Å². The fraction of sp³-hybridized carbons (Fsp3) is 0.320. The van der Waals surface area contributed by atoms with Crippen molar-refractivity contribution < 1.29 is 4.79 Å². The molecule has 0 aliphatic carbocycles. The van der Waals surface area contributed by atoms with Crippen LogP contribution in [0.1, 0.15) is 43.7 Å². The van der Waals surface area contributed by atoms with E-state index in [0.717, 1.165) is 42.6 Å². The Morgan fingerprint density at radius 3 is 2.80 bits per heavy atom. The Morgan fingerprint density at radius 1 is 1.17 bits per heavy atom. The van der Waals surface area contributed by atoms with Gasteiger partial charge in [0.05, 0.1) is 6.54 Å². The standard InChI is InChI=1S/C25H28N4O/c1-2-23-12-6-7-16-29(23)24(30)14-13-22-19-28(18-20-9-4-3-5-10-20)27-25(22)21-11-8-15-26-17-21/h3-5,8-11,13-15,17,19,23H,2,6-7,12,16,18H2,1H3/b14-13+. The van der Waals surface area contributed by atoms with Crippen molar-refractivity contribution in [2.24, 2.45) is 0 Å². The van der Waals surface area contributed by atoms with E-state index in [1.54, 1.807) is 12.3 Å². The minimum absolute atomic E-state index is 0.0921. The van der Waals surface area contributed by atoms with Crippen LogP contribution >= 0.6 is 0 Å². The SMILES string of the molecule is CCC1CCCCN1C(=O)/C=C/c1cn(Cc2ccccc2)nc1-c1cccnc1. The van der Waals surface area contributed by atoms with E-state index >= 15 is 0 Å². The summed E-state index contributed by atoms with van der Waals surface area (Å²) in [5.74, 6) is 0.0921. The molecule has 1 fully saturated rings. The molecule has 1 amide bonds. The molecule has 5 heteroatoms. The van der Waals surface area contributed by atoms with E-state index in [-0.39, 0.29) is 5.91 Å². The molecule has 5 nitrogen and oxygen atoms in total. The first-order chi connectivity index (χ1) is 14.7. The van der Waals surface area contributed by atoms with Gasteiger partial charge in [-0.2, -0.15) is 5.10 Å². The first kappa shape index (κ1) is 20.1. The van der Waals surface area contributed by atoms with Crippen molar-refractivity contribution in [3.05, 3.63) is 78.3 Å². The Hall–Kier alpha value is -3.21. The van der Waals surface area contributed by atoms with Gasteiger partial charge in [0, 0.05) is 48.4 Å². The average Bonchev–Trinajstić information content (AvgIpc) is 3.21. The van der Waals surface area contributed by atoms with Gasteiger partial charge in [-0.05, 0) is 49.5 Å². The van der Waals surface area contributed by atoms with Gasteiger partial charge >= 0.3 is 0 Å². The molecule has 1 aromatic carbocycles. The summed E-state index contributed by atoms with van der Waals surface area (Å²) in [7, 11) is 0. The van der Waals surface area contributed by atoms with Gasteiger partial charge in [0.25, 0.3) is 0 Å². The van der Waals surface area contributed by atoms with E-state index in [2.05, 4.69) is 24.0 Å². The van der Waals surface area contributed by atoms with Crippen molar-refractivity contribution >= 4 is 12.0 Å². The van der Waals surface area contributed by atoms with E-state index < -0.39 is 0 Å². The highest BCUT2D eigenvalue weighted by Gasteiger charge is 2.23. The first-order valence-electron chi connectivity index (χ1n) is 10.7. The van der Waals surface area contributed by atoms with E-state index in [1.165, 1.54) is 12.0 Å². The summed E-state index contributed by atoms with van der Waals surface area (Å²) in [6, 6.07) is 14.5. The highest BCUT2D eigenvalue weighted by molar-refractivity contribution is 5.93. The molecule has 1 aliphatic heterocycles. The van der Waals surface area contributed by atoms with Gasteiger partial charge in [0.1, 0.15) is 5.69 Å². The number of amides is 1. The monoisotopic (exact) mass is 400 g/mol. The lowest BCUT2D eigenvalue weighted by molar-refractivity contribution is -0.129. The van der Waals surface area contributed by atoms with Crippen molar-refractivity contribution in [3.63, 3.8) is 0 Å². The summed E-state index contributed by atoms with van der Waals surface area (Å²) in [5, 5.41) is 4.80. The maximum absolute atomic E-state index is 12.9. The number of aromatic nitrogens is 3. The first-order valence-corrected chi connectivity index (χ1v) is 10.7. The van der Waals surface area contributed by atoms with Crippen LogP contribution in [0.15, 0.2) is 67.1 Å². The van der Waals surface area contributed by atoms with Crippen LogP contribution in [0.5, 0.6) is 0 Å². The number of piperidine rings is 1. The molecule has 30 heavy (non-hydrogen) atoms. The lowest BCUT2D eigenvalue weighted by Gasteiger charge is -2.34. The molecule has 1 atom stereocenters. The van der Waals surface area contributed by atoms with Gasteiger partial charge in [-0.3, -0.25) is 14.5 Å². The molecule has 1 saturated heterocycles. The summed E-state index contributed by atoms with van der Waals surface area (Å²) in [5.41, 5.74) is 3.90. The molecule has 0 N–H and O–H groups in total. The Balaban J connectivity index is 1.60. The molecule has 0 spiro atoms. The number of nitrogens with zero attached hydrogens (tertiary/aromatic N) is 4. The van der Waals surface area contributed by atoms with Crippen LogP contribution < -0.4 is 0 Å². The minimum Gasteiger partial charge on any atom is -0.336 e. The predicted octanol–water partition coefficient (Wildman–Crippen LogP) is 4.80. The molecule has 3 aromatic rings. The van der Waals surface area contributed by atoms with E-state index in [4.69, 9.17) is 5.10 Å². The molecule has 1 unspecified atom stereocenters.